The molecule has 0 spiro atoms. The van der Waals surface area contributed by atoms with Crippen LogP contribution in [0.1, 0.15) is 5.56 Å². The highest BCUT2D eigenvalue weighted by atomic mass is 32.2. The predicted octanol–water partition coefficient (Wildman–Crippen LogP) is 2.57. The number of anilines is 1. The average molecular weight is 327 g/mol. The lowest BCUT2D eigenvalue weighted by Gasteiger charge is -2.14. The number of phenols is 2. The van der Waals surface area contributed by atoms with E-state index in [1.54, 1.807) is 36.4 Å². The summed E-state index contributed by atoms with van der Waals surface area (Å²) in [6, 6.07) is 13.1. The van der Waals surface area contributed by atoms with Gasteiger partial charge in [-0.2, -0.15) is 5.10 Å². The minimum atomic E-state index is -0.0998. The van der Waals surface area contributed by atoms with Crippen LogP contribution in [0, 0.1) is 0 Å². The number of benzene rings is 2. The van der Waals surface area contributed by atoms with E-state index in [-0.39, 0.29) is 23.2 Å². The maximum Gasteiger partial charge on any atom is 0.243 e. The van der Waals surface area contributed by atoms with Crippen molar-refractivity contribution in [3.05, 3.63) is 54.1 Å². The second-order valence-corrected chi connectivity index (χ2v) is 5.66. The molecule has 0 aromatic heterocycles. The number of para-hydroxylation sites is 1. The van der Waals surface area contributed by atoms with E-state index in [0.717, 1.165) is 0 Å². The molecule has 1 heterocycles. The fraction of sp³-hybridized carbons (Fsp3) is 0.0625. The lowest BCUT2D eigenvalue weighted by molar-refractivity contribution is -0.115. The molecular weight excluding hydrogens is 314 g/mol. The Kier molecular flexibility index (Phi) is 4.29. The number of phenolic OH excluding ortho intramolecular Hbond substituents is 2. The molecule has 2 aromatic carbocycles. The van der Waals surface area contributed by atoms with Crippen LogP contribution in [-0.2, 0) is 4.79 Å². The minimum absolute atomic E-state index is 0.0998. The number of carbonyl (C=O) groups is 1. The SMILES string of the molecule is O=C1CS/C(=N\N=C\c2ccccc2O)N1c1ccc(O)cc1. The minimum Gasteiger partial charge on any atom is -0.508 e. The summed E-state index contributed by atoms with van der Waals surface area (Å²) in [6.07, 6.45) is 1.43. The van der Waals surface area contributed by atoms with E-state index in [2.05, 4.69) is 10.2 Å². The zero-order valence-corrected chi connectivity index (χ0v) is 12.8. The fourth-order valence-electron chi connectivity index (χ4n) is 2.03. The van der Waals surface area contributed by atoms with E-state index >= 15 is 0 Å². The number of amides is 1. The quantitative estimate of drug-likeness (QED) is 0.670. The van der Waals surface area contributed by atoms with Crippen molar-refractivity contribution >= 4 is 34.7 Å². The summed E-state index contributed by atoms with van der Waals surface area (Å²) in [5.41, 5.74) is 1.16. The second kappa shape index (κ2) is 6.53. The summed E-state index contributed by atoms with van der Waals surface area (Å²) in [7, 11) is 0. The second-order valence-electron chi connectivity index (χ2n) is 4.72. The molecule has 0 aliphatic carbocycles. The number of aromatic hydroxyl groups is 2. The van der Waals surface area contributed by atoms with Gasteiger partial charge >= 0.3 is 0 Å². The molecule has 6 nitrogen and oxygen atoms in total. The first-order chi connectivity index (χ1) is 11.1. The maximum absolute atomic E-state index is 12.0. The normalized spacial score (nSPS) is 16.6. The Morgan fingerprint density at radius 3 is 2.57 bits per heavy atom. The van der Waals surface area contributed by atoms with Crippen LogP contribution in [0.15, 0.2) is 58.7 Å². The molecule has 7 heteroatoms. The van der Waals surface area contributed by atoms with Crippen LogP contribution >= 0.6 is 11.8 Å². The van der Waals surface area contributed by atoms with Gasteiger partial charge in [-0.1, -0.05) is 23.9 Å². The topological polar surface area (TPSA) is 85.5 Å². The standard InChI is InChI=1S/C16H13N3O3S/c20-13-7-5-12(6-8-13)19-15(22)10-23-16(19)18-17-9-11-3-1-2-4-14(11)21/h1-9,20-21H,10H2/b17-9+,18-16-. The van der Waals surface area contributed by atoms with Crippen LogP contribution in [0.3, 0.4) is 0 Å². The summed E-state index contributed by atoms with van der Waals surface area (Å²) in [5.74, 6) is 0.425. The molecule has 3 rings (SSSR count). The van der Waals surface area contributed by atoms with Crippen molar-refractivity contribution in [1.29, 1.82) is 0 Å². The zero-order valence-electron chi connectivity index (χ0n) is 12.0. The van der Waals surface area contributed by atoms with E-state index in [0.29, 0.717) is 16.4 Å². The molecule has 0 bridgehead atoms. The molecule has 0 radical (unpaired) electrons. The highest BCUT2D eigenvalue weighted by molar-refractivity contribution is 8.15. The van der Waals surface area contributed by atoms with E-state index in [1.165, 1.54) is 35.0 Å². The molecule has 23 heavy (non-hydrogen) atoms. The average Bonchev–Trinajstić information content (AvgIpc) is 2.91. The number of nitrogens with zero attached hydrogens (tertiary/aromatic N) is 3. The van der Waals surface area contributed by atoms with Crippen LogP contribution in [0.25, 0.3) is 0 Å². The van der Waals surface area contributed by atoms with Gasteiger partial charge in [0.1, 0.15) is 11.5 Å². The maximum atomic E-state index is 12.0. The first-order valence-electron chi connectivity index (χ1n) is 6.79. The number of amidine groups is 1. The van der Waals surface area contributed by atoms with Crippen molar-refractivity contribution in [2.24, 2.45) is 10.2 Å². The molecule has 116 valence electrons. The van der Waals surface area contributed by atoms with E-state index in [9.17, 15) is 15.0 Å². The van der Waals surface area contributed by atoms with Crippen LogP contribution in [0.5, 0.6) is 11.5 Å². The zero-order chi connectivity index (χ0) is 16.2. The Labute approximate surface area is 136 Å². The van der Waals surface area contributed by atoms with Gasteiger partial charge in [-0.05, 0) is 36.4 Å². The van der Waals surface area contributed by atoms with Crippen molar-refractivity contribution in [3.8, 4) is 11.5 Å². The monoisotopic (exact) mass is 327 g/mol. The number of rotatable bonds is 3. The van der Waals surface area contributed by atoms with Crippen LogP contribution in [0.4, 0.5) is 5.69 Å². The number of thioether (sulfide) groups is 1. The largest absolute Gasteiger partial charge is 0.508 e. The number of hydrogen-bond donors (Lipinski definition) is 2. The third-order valence-corrected chi connectivity index (χ3v) is 4.06. The lowest BCUT2D eigenvalue weighted by Crippen LogP contribution is -2.28. The molecule has 1 saturated heterocycles. The number of carbonyl (C=O) groups excluding carboxylic acids is 1. The van der Waals surface area contributed by atoms with Crippen LogP contribution < -0.4 is 4.90 Å². The summed E-state index contributed by atoms with van der Waals surface area (Å²) >= 11 is 1.28. The molecule has 0 saturated carbocycles. The smallest absolute Gasteiger partial charge is 0.243 e. The highest BCUT2D eigenvalue weighted by Gasteiger charge is 2.29. The molecule has 1 aliphatic heterocycles. The van der Waals surface area contributed by atoms with E-state index in [4.69, 9.17) is 0 Å². The first-order valence-corrected chi connectivity index (χ1v) is 7.77. The van der Waals surface area contributed by atoms with Crippen molar-refractivity contribution in [2.45, 2.75) is 0 Å². The molecule has 0 atom stereocenters. The van der Waals surface area contributed by atoms with Gasteiger partial charge < -0.3 is 10.2 Å². The Morgan fingerprint density at radius 2 is 1.83 bits per heavy atom. The van der Waals surface area contributed by atoms with Gasteiger partial charge in [0.05, 0.1) is 17.7 Å². The van der Waals surface area contributed by atoms with Gasteiger partial charge in [-0.15, -0.1) is 5.10 Å². The summed E-state index contributed by atoms with van der Waals surface area (Å²) in [6.45, 7) is 0. The van der Waals surface area contributed by atoms with Crippen LogP contribution in [0.2, 0.25) is 0 Å². The van der Waals surface area contributed by atoms with Crippen molar-refractivity contribution in [1.82, 2.24) is 0 Å². The molecule has 2 aromatic rings. The fourth-order valence-corrected chi connectivity index (χ4v) is 2.85. The number of hydrogen-bond acceptors (Lipinski definition) is 6. The van der Waals surface area contributed by atoms with Crippen LogP contribution in [-0.4, -0.2) is 33.3 Å². The lowest BCUT2D eigenvalue weighted by atomic mass is 10.2. The van der Waals surface area contributed by atoms with Crippen molar-refractivity contribution < 1.29 is 15.0 Å². The Bertz CT molecular complexity index is 787. The molecule has 0 unspecified atom stereocenters. The van der Waals surface area contributed by atoms with E-state index < -0.39 is 0 Å². The third-order valence-electron chi connectivity index (χ3n) is 3.15. The molecule has 2 N–H and O–H groups in total. The summed E-state index contributed by atoms with van der Waals surface area (Å²) < 4.78 is 0. The predicted molar refractivity (Wildman–Crippen MR) is 91.2 cm³/mol. The Hall–Kier alpha value is -2.80. The molecular formula is C16H13N3O3S. The molecule has 1 amide bonds. The van der Waals surface area contributed by atoms with E-state index in [1.807, 2.05) is 0 Å². The molecule has 1 aliphatic rings. The third kappa shape index (κ3) is 3.35. The van der Waals surface area contributed by atoms with Crippen molar-refractivity contribution in [2.75, 3.05) is 10.7 Å². The van der Waals surface area contributed by atoms with Gasteiger partial charge in [-0.3, -0.25) is 9.69 Å². The van der Waals surface area contributed by atoms with Gasteiger partial charge in [-0.25, -0.2) is 0 Å². The summed E-state index contributed by atoms with van der Waals surface area (Å²) in [4.78, 5) is 13.5. The summed E-state index contributed by atoms with van der Waals surface area (Å²) in [5, 5.41) is 27.5. The first kappa shape index (κ1) is 15.1. The van der Waals surface area contributed by atoms with Gasteiger partial charge in [0.2, 0.25) is 5.91 Å². The van der Waals surface area contributed by atoms with Gasteiger partial charge in [0, 0.05) is 5.56 Å². The Morgan fingerprint density at radius 1 is 1.09 bits per heavy atom. The van der Waals surface area contributed by atoms with Gasteiger partial charge in [0.15, 0.2) is 5.17 Å². The molecule has 1 fully saturated rings. The highest BCUT2D eigenvalue weighted by Crippen LogP contribution is 2.28. The van der Waals surface area contributed by atoms with Gasteiger partial charge in [0.25, 0.3) is 0 Å². The van der Waals surface area contributed by atoms with Crippen molar-refractivity contribution in [3.63, 3.8) is 0 Å². The Balaban J connectivity index is 1.84.